The first kappa shape index (κ1) is 19.6. The molecule has 1 aliphatic heterocycles. The van der Waals surface area contributed by atoms with E-state index in [1.54, 1.807) is 5.38 Å². The molecule has 0 fully saturated rings. The Morgan fingerprint density at radius 3 is 2.67 bits per heavy atom. The number of amides is 1. The van der Waals surface area contributed by atoms with Gasteiger partial charge < -0.3 is 14.4 Å². The van der Waals surface area contributed by atoms with Gasteiger partial charge in [0, 0.05) is 18.5 Å². The van der Waals surface area contributed by atoms with Crippen molar-refractivity contribution in [1.82, 2.24) is 14.5 Å². The number of ether oxygens (including phenoxy) is 2. The molecule has 0 radical (unpaired) electrons. The van der Waals surface area contributed by atoms with Gasteiger partial charge in [0.25, 0.3) is 5.91 Å². The third kappa shape index (κ3) is 5.66. The van der Waals surface area contributed by atoms with Crippen molar-refractivity contribution >= 4 is 17.4 Å². The lowest BCUT2D eigenvalue weighted by molar-refractivity contribution is 0.0733. The number of benzene rings is 1. The lowest BCUT2D eigenvalue weighted by atomic mass is 10.1. The summed E-state index contributed by atoms with van der Waals surface area (Å²) in [6.45, 7) is 4.60. The van der Waals surface area contributed by atoms with E-state index in [0.717, 1.165) is 36.4 Å². The van der Waals surface area contributed by atoms with E-state index in [-0.39, 0.29) is 5.91 Å². The van der Waals surface area contributed by atoms with Crippen molar-refractivity contribution in [2.24, 2.45) is 0 Å². The molecule has 0 bridgehead atoms. The predicted molar refractivity (Wildman–Crippen MR) is 105 cm³/mol. The van der Waals surface area contributed by atoms with Crippen LogP contribution in [0.2, 0.25) is 0 Å². The fraction of sp³-hybridized carbons (Fsp3) is 0.550. The SMILES string of the molecule is CCCCCCCCN(Cc1ccc2c(c1)OCCO2)C(=O)c1csnn1. The maximum absolute atomic E-state index is 12.8. The zero-order chi connectivity index (χ0) is 18.9. The van der Waals surface area contributed by atoms with E-state index < -0.39 is 0 Å². The van der Waals surface area contributed by atoms with Crippen molar-refractivity contribution in [3.8, 4) is 11.5 Å². The number of carbonyl (C=O) groups excluding carboxylic acids is 1. The van der Waals surface area contributed by atoms with Gasteiger partial charge in [-0.3, -0.25) is 4.79 Å². The number of hydrogen-bond acceptors (Lipinski definition) is 6. The standard InChI is InChI=1S/C20H27N3O3S/c1-2-3-4-5-6-7-10-23(20(24)17-15-27-22-21-17)14-16-8-9-18-19(13-16)26-12-11-25-18/h8-9,13,15H,2-7,10-12,14H2,1H3. The Balaban J connectivity index is 1.63. The molecule has 0 saturated carbocycles. The first-order chi connectivity index (χ1) is 13.3. The highest BCUT2D eigenvalue weighted by atomic mass is 32.1. The maximum atomic E-state index is 12.8. The van der Waals surface area contributed by atoms with Crippen LogP contribution in [-0.4, -0.2) is 40.2 Å². The fourth-order valence-electron chi connectivity index (χ4n) is 3.16. The Labute approximate surface area is 164 Å². The van der Waals surface area contributed by atoms with E-state index in [9.17, 15) is 4.79 Å². The number of rotatable bonds is 10. The summed E-state index contributed by atoms with van der Waals surface area (Å²) >= 11 is 1.20. The third-order valence-corrected chi connectivity index (χ3v) is 5.13. The van der Waals surface area contributed by atoms with Gasteiger partial charge in [0.2, 0.25) is 0 Å². The molecule has 3 rings (SSSR count). The lowest BCUT2D eigenvalue weighted by Crippen LogP contribution is -2.32. The van der Waals surface area contributed by atoms with E-state index in [4.69, 9.17) is 9.47 Å². The van der Waals surface area contributed by atoms with Crippen LogP contribution in [0.5, 0.6) is 11.5 Å². The summed E-state index contributed by atoms with van der Waals surface area (Å²) in [5, 5.41) is 5.66. The number of fused-ring (bicyclic) bond motifs is 1. The van der Waals surface area contributed by atoms with Crippen LogP contribution in [0.4, 0.5) is 0 Å². The topological polar surface area (TPSA) is 64.6 Å². The summed E-state index contributed by atoms with van der Waals surface area (Å²) in [4.78, 5) is 14.7. The fourth-order valence-corrected chi connectivity index (χ4v) is 3.59. The van der Waals surface area contributed by atoms with Crippen LogP contribution in [-0.2, 0) is 6.54 Å². The van der Waals surface area contributed by atoms with Gasteiger partial charge in [0.15, 0.2) is 17.2 Å². The highest BCUT2D eigenvalue weighted by Crippen LogP contribution is 2.31. The molecule has 0 spiro atoms. The van der Waals surface area contributed by atoms with Crippen LogP contribution in [0.15, 0.2) is 23.6 Å². The minimum Gasteiger partial charge on any atom is -0.486 e. The molecule has 146 valence electrons. The molecule has 0 atom stereocenters. The van der Waals surface area contributed by atoms with Gasteiger partial charge in [-0.15, -0.1) is 5.10 Å². The van der Waals surface area contributed by atoms with E-state index in [2.05, 4.69) is 16.5 Å². The smallest absolute Gasteiger partial charge is 0.275 e. The molecule has 7 heteroatoms. The van der Waals surface area contributed by atoms with E-state index in [0.29, 0.717) is 25.5 Å². The first-order valence-corrected chi connectivity index (χ1v) is 10.6. The van der Waals surface area contributed by atoms with Crippen LogP contribution < -0.4 is 9.47 Å². The third-order valence-electron chi connectivity index (χ3n) is 4.63. The number of hydrogen-bond donors (Lipinski definition) is 0. The summed E-state index contributed by atoms with van der Waals surface area (Å²) in [5.41, 5.74) is 1.45. The van der Waals surface area contributed by atoms with Crippen molar-refractivity contribution in [3.05, 3.63) is 34.8 Å². The largest absolute Gasteiger partial charge is 0.486 e. The van der Waals surface area contributed by atoms with Crippen molar-refractivity contribution in [1.29, 1.82) is 0 Å². The second-order valence-electron chi connectivity index (χ2n) is 6.76. The molecule has 0 aliphatic carbocycles. The van der Waals surface area contributed by atoms with Gasteiger partial charge in [0.1, 0.15) is 13.2 Å². The summed E-state index contributed by atoms with van der Waals surface area (Å²) in [7, 11) is 0. The quantitative estimate of drug-likeness (QED) is 0.567. The first-order valence-electron chi connectivity index (χ1n) is 9.73. The molecule has 1 amide bonds. The zero-order valence-electron chi connectivity index (χ0n) is 15.9. The van der Waals surface area contributed by atoms with Crippen LogP contribution >= 0.6 is 11.5 Å². The number of carbonyl (C=O) groups is 1. The molecule has 27 heavy (non-hydrogen) atoms. The Kier molecular flexibility index (Phi) is 7.45. The lowest BCUT2D eigenvalue weighted by Gasteiger charge is -2.23. The van der Waals surface area contributed by atoms with Gasteiger partial charge in [-0.1, -0.05) is 49.6 Å². The summed E-state index contributed by atoms with van der Waals surface area (Å²) < 4.78 is 15.1. The summed E-state index contributed by atoms with van der Waals surface area (Å²) in [6, 6.07) is 5.88. The average Bonchev–Trinajstić information content (AvgIpc) is 3.24. The second-order valence-corrected chi connectivity index (χ2v) is 7.37. The Hall–Kier alpha value is -2.15. The van der Waals surface area contributed by atoms with Gasteiger partial charge in [0.05, 0.1) is 0 Å². The van der Waals surface area contributed by atoms with Crippen molar-refractivity contribution in [2.45, 2.75) is 52.0 Å². The zero-order valence-corrected chi connectivity index (χ0v) is 16.7. The Morgan fingerprint density at radius 2 is 1.89 bits per heavy atom. The Morgan fingerprint density at radius 1 is 1.11 bits per heavy atom. The minimum absolute atomic E-state index is 0.0628. The molecule has 1 aromatic heterocycles. The number of unbranched alkanes of at least 4 members (excludes halogenated alkanes) is 5. The summed E-state index contributed by atoms with van der Waals surface area (Å²) in [6.07, 6.45) is 7.15. The van der Waals surface area contributed by atoms with Crippen LogP contribution in [0.25, 0.3) is 0 Å². The predicted octanol–water partition coefficient (Wildman–Crippen LogP) is 4.31. The van der Waals surface area contributed by atoms with Gasteiger partial charge in [-0.25, -0.2) is 0 Å². The van der Waals surface area contributed by atoms with E-state index >= 15 is 0 Å². The molecule has 6 nitrogen and oxygen atoms in total. The van der Waals surface area contributed by atoms with Crippen LogP contribution in [0, 0.1) is 0 Å². The molecule has 2 aromatic rings. The average molecular weight is 390 g/mol. The second kappa shape index (κ2) is 10.3. The molecule has 1 aliphatic rings. The summed E-state index contributed by atoms with van der Waals surface area (Å²) in [5.74, 6) is 1.45. The molecule has 1 aromatic carbocycles. The van der Waals surface area contributed by atoms with E-state index in [1.165, 1.54) is 37.2 Å². The Bertz CT molecular complexity index is 721. The normalized spacial score (nSPS) is 12.8. The van der Waals surface area contributed by atoms with Gasteiger partial charge >= 0.3 is 0 Å². The molecule has 0 N–H and O–H groups in total. The maximum Gasteiger partial charge on any atom is 0.275 e. The molecular formula is C20H27N3O3S. The van der Waals surface area contributed by atoms with Crippen molar-refractivity contribution < 1.29 is 14.3 Å². The van der Waals surface area contributed by atoms with E-state index in [1.807, 2.05) is 23.1 Å². The highest BCUT2D eigenvalue weighted by Gasteiger charge is 2.20. The van der Waals surface area contributed by atoms with Crippen LogP contribution in [0.1, 0.15) is 61.5 Å². The number of aromatic nitrogens is 2. The molecule has 0 saturated heterocycles. The molecule has 2 heterocycles. The van der Waals surface area contributed by atoms with Gasteiger partial charge in [-0.2, -0.15) is 0 Å². The highest BCUT2D eigenvalue weighted by molar-refractivity contribution is 7.03. The van der Waals surface area contributed by atoms with Crippen molar-refractivity contribution in [2.75, 3.05) is 19.8 Å². The van der Waals surface area contributed by atoms with Crippen molar-refractivity contribution in [3.63, 3.8) is 0 Å². The monoisotopic (exact) mass is 389 g/mol. The van der Waals surface area contributed by atoms with Crippen LogP contribution in [0.3, 0.4) is 0 Å². The molecule has 0 unspecified atom stereocenters. The number of nitrogens with zero attached hydrogens (tertiary/aromatic N) is 3. The van der Waals surface area contributed by atoms with Gasteiger partial charge in [-0.05, 0) is 35.6 Å². The minimum atomic E-state index is -0.0628. The molecular weight excluding hydrogens is 362 g/mol.